The van der Waals surface area contributed by atoms with Crippen LogP contribution in [0.4, 0.5) is 0 Å². The molecule has 3 rings (SSSR count). The molecule has 5 nitrogen and oxygen atoms in total. The molecular weight excluding hydrogens is 240 g/mol. The van der Waals surface area contributed by atoms with Crippen LogP contribution >= 0.6 is 0 Å². The molecule has 0 aromatic carbocycles. The molecule has 3 aromatic heterocycles. The second-order valence-electron chi connectivity index (χ2n) is 4.37. The summed E-state index contributed by atoms with van der Waals surface area (Å²) in [6.07, 6.45) is 3.51. The van der Waals surface area contributed by atoms with E-state index >= 15 is 0 Å². The number of aromatic nitrogens is 4. The Bertz CT molecular complexity index is 748. The van der Waals surface area contributed by atoms with E-state index in [1.807, 2.05) is 36.9 Å². The van der Waals surface area contributed by atoms with Crippen LogP contribution in [0.3, 0.4) is 0 Å². The minimum atomic E-state index is 0.593. The molecule has 0 saturated heterocycles. The van der Waals surface area contributed by atoms with Crippen molar-refractivity contribution in [3.63, 3.8) is 0 Å². The molecule has 0 fully saturated rings. The standard InChI is InChI=1S/C14H14N4O/c1-9-8-10(4-6-15-9)13-12-11(18(2)17-13)5-7-16-14(12)19-3/h4-8H,1-3H3. The fraction of sp³-hybridized carbons (Fsp3) is 0.214. The van der Waals surface area contributed by atoms with Gasteiger partial charge in [-0.15, -0.1) is 0 Å². The van der Waals surface area contributed by atoms with Crippen molar-refractivity contribution in [2.24, 2.45) is 7.05 Å². The molecule has 0 aliphatic rings. The van der Waals surface area contributed by atoms with E-state index in [-0.39, 0.29) is 0 Å². The van der Waals surface area contributed by atoms with Crippen LogP contribution in [0.1, 0.15) is 5.69 Å². The van der Waals surface area contributed by atoms with Gasteiger partial charge in [0.1, 0.15) is 5.69 Å². The van der Waals surface area contributed by atoms with Crippen molar-refractivity contribution in [2.75, 3.05) is 7.11 Å². The lowest BCUT2D eigenvalue weighted by Gasteiger charge is -2.02. The number of pyridine rings is 2. The van der Waals surface area contributed by atoms with Gasteiger partial charge in [0.15, 0.2) is 0 Å². The summed E-state index contributed by atoms with van der Waals surface area (Å²) in [5, 5.41) is 5.51. The molecule has 0 bridgehead atoms. The third-order valence-corrected chi connectivity index (χ3v) is 3.09. The van der Waals surface area contributed by atoms with E-state index in [1.165, 1.54) is 0 Å². The van der Waals surface area contributed by atoms with Crippen LogP contribution in [0.25, 0.3) is 22.2 Å². The van der Waals surface area contributed by atoms with E-state index in [2.05, 4.69) is 15.1 Å². The number of aryl methyl sites for hydroxylation is 2. The van der Waals surface area contributed by atoms with E-state index in [4.69, 9.17) is 4.74 Å². The second kappa shape index (κ2) is 4.35. The molecule has 0 unspecified atom stereocenters. The first kappa shape index (κ1) is 11.6. The number of hydrogen-bond acceptors (Lipinski definition) is 4. The number of fused-ring (bicyclic) bond motifs is 1. The van der Waals surface area contributed by atoms with Crippen LogP contribution in [0.15, 0.2) is 30.6 Å². The van der Waals surface area contributed by atoms with E-state index < -0.39 is 0 Å². The highest BCUT2D eigenvalue weighted by molar-refractivity contribution is 5.96. The van der Waals surface area contributed by atoms with Crippen molar-refractivity contribution in [1.29, 1.82) is 0 Å². The molecule has 0 N–H and O–H groups in total. The van der Waals surface area contributed by atoms with Gasteiger partial charge in [-0.1, -0.05) is 0 Å². The largest absolute Gasteiger partial charge is 0.480 e. The SMILES string of the molecule is COc1nccc2c1c(-c1ccnc(C)c1)nn2C. The zero-order valence-corrected chi connectivity index (χ0v) is 11.1. The number of nitrogens with zero attached hydrogens (tertiary/aromatic N) is 4. The highest BCUT2D eigenvalue weighted by Gasteiger charge is 2.15. The smallest absolute Gasteiger partial charge is 0.224 e. The van der Waals surface area contributed by atoms with Gasteiger partial charge in [0, 0.05) is 30.7 Å². The molecule has 96 valence electrons. The maximum atomic E-state index is 5.35. The van der Waals surface area contributed by atoms with Crippen LogP contribution in [-0.4, -0.2) is 26.9 Å². The van der Waals surface area contributed by atoms with Gasteiger partial charge in [0.05, 0.1) is 18.0 Å². The third-order valence-electron chi connectivity index (χ3n) is 3.09. The van der Waals surface area contributed by atoms with Gasteiger partial charge in [-0.25, -0.2) is 4.98 Å². The van der Waals surface area contributed by atoms with Crippen LogP contribution in [-0.2, 0) is 7.05 Å². The average Bonchev–Trinajstić information content (AvgIpc) is 2.76. The summed E-state index contributed by atoms with van der Waals surface area (Å²) in [4.78, 5) is 8.47. The lowest BCUT2D eigenvalue weighted by atomic mass is 10.1. The Balaban J connectivity index is 2.35. The van der Waals surface area contributed by atoms with Crippen molar-refractivity contribution in [3.8, 4) is 17.1 Å². The van der Waals surface area contributed by atoms with Crippen LogP contribution in [0.2, 0.25) is 0 Å². The van der Waals surface area contributed by atoms with Gasteiger partial charge in [0.25, 0.3) is 0 Å². The Morgan fingerprint density at radius 2 is 1.95 bits per heavy atom. The molecule has 0 atom stereocenters. The molecule has 0 radical (unpaired) electrons. The molecule has 3 heterocycles. The van der Waals surface area contributed by atoms with Crippen LogP contribution < -0.4 is 4.74 Å². The predicted molar refractivity (Wildman–Crippen MR) is 73.0 cm³/mol. The first-order valence-corrected chi connectivity index (χ1v) is 5.99. The minimum Gasteiger partial charge on any atom is -0.480 e. The number of hydrogen-bond donors (Lipinski definition) is 0. The summed E-state index contributed by atoms with van der Waals surface area (Å²) in [6.45, 7) is 1.96. The molecule has 19 heavy (non-hydrogen) atoms. The molecule has 0 spiro atoms. The summed E-state index contributed by atoms with van der Waals surface area (Å²) in [5.41, 5.74) is 3.84. The van der Waals surface area contributed by atoms with E-state index in [0.717, 1.165) is 27.9 Å². The Kier molecular flexibility index (Phi) is 2.67. The van der Waals surface area contributed by atoms with Crippen LogP contribution in [0.5, 0.6) is 5.88 Å². The fourth-order valence-corrected chi connectivity index (χ4v) is 2.23. The Morgan fingerprint density at radius 1 is 1.16 bits per heavy atom. The van der Waals surface area contributed by atoms with Crippen molar-refractivity contribution in [2.45, 2.75) is 6.92 Å². The zero-order chi connectivity index (χ0) is 13.4. The molecule has 0 aliphatic heterocycles. The average molecular weight is 254 g/mol. The molecule has 0 aliphatic carbocycles. The fourth-order valence-electron chi connectivity index (χ4n) is 2.23. The number of methoxy groups -OCH3 is 1. The highest BCUT2D eigenvalue weighted by atomic mass is 16.5. The Morgan fingerprint density at radius 3 is 2.68 bits per heavy atom. The van der Waals surface area contributed by atoms with Crippen molar-refractivity contribution in [1.82, 2.24) is 19.7 Å². The lowest BCUT2D eigenvalue weighted by molar-refractivity contribution is 0.403. The Hall–Kier alpha value is -2.43. The molecule has 3 aromatic rings. The van der Waals surface area contributed by atoms with Gasteiger partial charge in [-0.05, 0) is 25.1 Å². The first-order valence-electron chi connectivity index (χ1n) is 5.99. The van der Waals surface area contributed by atoms with Gasteiger partial charge < -0.3 is 4.74 Å². The van der Waals surface area contributed by atoms with E-state index in [0.29, 0.717) is 5.88 Å². The monoisotopic (exact) mass is 254 g/mol. The third kappa shape index (κ3) is 1.83. The predicted octanol–water partition coefficient (Wildman–Crippen LogP) is 2.35. The normalized spacial score (nSPS) is 10.9. The second-order valence-corrected chi connectivity index (χ2v) is 4.37. The molecule has 0 amide bonds. The maximum absolute atomic E-state index is 5.35. The Labute approximate surface area is 110 Å². The zero-order valence-electron chi connectivity index (χ0n) is 11.1. The van der Waals surface area contributed by atoms with Crippen molar-refractivity contribution < 1.29 is 4.74 Å². The van der Waals surface area contributed by atoms with Crippen molar-refractivity contribution in [3.05, 3.63) is 36.3 Å². The highest BCUT2D eigenvalue weighted by Crippen LogP contribution is 2.32. The first-order chi connectivity index (χ1) is 9.20. The molecular formula is C14H14N4O. The number of ether oxygens (including phenoxy) is 1. The summed E-state index contributed by atoms with van der Waals surface area (Å²) >= 11 is 0. The van der Waals surface area contributed by atoms with Gasteiger partial charge in [-0.2, -0.15) is 5.10 Å². The van der Waals surface area contributed by atoms with Gasteiger partial charge in [0.2, 0.25) is 5.88 Å². The maximum Gasteiger partial charge on any atom is 0.224 e. The van der Waals surface area contributed by atoms with E-state index in [1.54, 1.807) is 19.5 Å². The summed E-state index contributed by atoms with van der Waals surface area (Å²) in [6, 6.07) is 5.89. The quantitative estimate of drug-likeness (QED) is 0.704. The van der Waals surface area contributed by atoms with Gasteiger partial charge >= 0.3 is 0 Å². The van der Waals surface area contributed by atoms with Crippen molar-refractivity contribution >= 4 is 10.9 Å². The number of rotatable bonds is 2. The molecule has 5 heteroatoms. The van der Waals surface area contributed by atoms with Gasteiger partial charge in [-0.3, -0.25) is 9.67 Å². The summed E-state index contributed by atoms with van der Waals surface area (Å²) < 4.78 is 7.19. The topological polar surface area (TPSA) is 52.8 Å². The lowest BCUT2D eigenvalue weighted by Crippen LogP contribution is -1.90. The summed E-state index contributed by atoms with van der Waals surface area (Å²) in [5.74, 6) is 0.593. The summed E-state index contributed by atoms with van der Waals surface area (Å²) in [7, 11) is 3.54. The molecule has 0 saturated carbocycles. The van der Waals surface area contributed by atoms with Crippen LogP contribution in [0, 0.1) is 6.92 Å². The minimum absolute atomic E-state index is 0.593. The van der Waals surface area contributed by atoms with E-state index in [9.17, 15) is 0 Å².